The van der Waals surface area contributed by atoms with Gasteiger partial charge in [0.25, 0.3) is 0 Å². The summed E-state index contributed by atoms with van der Waals surface area (Å²) in [6.07, 6.45) is 6.75. The number of carbonyl (C=O) groups excluding carboxylic acids is 1. The Hall–Kier alpha value is -1.55. The average molecular weight is 329 g/mol. The van der Waals surface area contributed by atoms with Gasteiger partial charge in [0.2, 0.25) is 0 Å². The fourth-order valence-electron chi connectivity index (χ4n) is 4.42. The van der Waals surface area contributed by atoms with Crippen LogP contribution >= 0.6 is 0 Å². The van der Waals surface area contributed by atoms with E-state index in [2.05, 4.69) is 4.90 Å². The molecule has 0 aromatic heterocycles. The van der Waals surface area contributed by atoms with Crippen molar-refractivity contribution < 1.29 is 14.3 Å². The van der Waals surface area contributed by atoms with Gasteiger partial charge in [-0.3, -0.25) is 4.79 Å². The molecule has 130 valence electrons. The van der Waals surface area contributed by atoms with Gasteiger partial charge in [0.15, 0.2) is 17.3 Å². The highest BCUT2D eigenvalue weighted by Gasteiger charge is 2.45. The minimum absolute atomic E-state index is 0.146. The maximum atomic E-state index is 13.3. The van der Waals surface area contributed by atoms with E-state index in [9.17, 15) is 4.79 Å². The number of ether oxygens (including phenoxy) is 2. The minimum atomic E-state index is -0.146. The van der Waals surface area contributed by atoms with E-state index in [1.165, 1.54) is 19.4 Å². The predicted octanol–water partition coefficient (Wildman–Crippen LogP) is 3.32. The van der Waals surface area contributed by atoms with Gasteiger partial charge < -0.3 is 14.4 Å². The van der Waals surface area contributed by atoms with Crippen LogP contribution in [-0.2, 0) is 6.42 Å². The molecule has 24 heavy (non-hydrogen) atoms. The van der Waals surface area contributed by atoms with Crippen molar-refractivity contribution in [2.24, 2.45) is 11.3 Å². The summed E-state index contributed by atoms with van der Waals surface area (Å²) in [5, 5.41) is 0. The molecule has 1 saturated carbocycles. The second kappa shape index (κ2) is 6.07. The summed E-state index contributed by atoms with van der Waals surface area (Å²) in [7, 11) is 3.27. The van der Waals surface area contributed by atoms with Crippen LogP contribution < -0.4 is 9.47 Å². The van der Waals surface area contributed by atoms with E-state index in [0.717, 1.165) is 61.6 Å². The quantitative estimate of drug-likeness (QED) is 0.849. The molecule has 1 aromatic rings. The number of piperidine rings is 1. The first kappa shape index (κ1) is 15.9. The Morgan fingerprint density at radius 1 is 1.08 bits per heavy atom. The summed E-state index contributed by atoms with van der Waals surface area (Å²) in [5.74, 6) is 2.64. The van der Waals surface area contributed by atoms with E-state index in [1.54, 1.807) is 14.2 Å². The topological polar surface area (TPSA) is 38.8 Å². The number of aryl methyl sites for hydroxylation is 1. The summed E-state index contributed by atoms with van der Waals surface area (Å²) in [6.45, 7) is 3.39. The van der Waals surface area contributed by atoms with Crippen molar-refractivity contribution in [2.75, 3.05) is 33.9 Å². The lowest BCUT2D eigenvalue weighted by Gasteiger charge is -2.43. The largest absolute Gasteiger partial charge is 0.493 e. The maximum Gasteiger partial charge on any atom is 0.169 e. The number of ketones is 1. The summed E-state index contributed by atoms with van der Waals surface area (Å²) < 4.78 is 10.8. The molecule has 2 fully saturated rings. The number of fused-ring (bicyclic) bond motifs is 1. The number of Topliss-reactive ketones (excluding diaryl/α,β-unsaturated/α-hetero) is 1. The third kappa shape index (κ3) is 2.71. The number of nitrogens with zero attached hydrogens (tertiary/aromatic N) is 1. The standard InChI is InChI=1S/C20H27NO3/c1-23-17-11-15-5-6-20(19(22)16(15)12-18(17)24-2)7-9-21(10-8-20)13-14-3-4-14/h11-12,14H,3-10,13H2,1-2H3. The van der Waals surface area contributed by atoms with E-state index >= 15 is 0 Å². The molecule has 1 saturated heterocycles. The first-order chi connectivity index (χ1) is 11.6. The normalized spacial score (nSPS) is 23.2. The van der Waals surface area contributed by atoms with E-state index < -0.39 is 0 Å². The van der Waals surface area contributed by atoms with Gasteiger partial charge in [-0.1, -0.05) is 0 Å². The molecule has 4 rings (SSSR count). The third-order valence-corrected chi connectivity index (χ3v) is 6.24. The van der Waals surface area contributed by atoms with E-state index in [4.69, 9.17) is 9.47 Å². The Bertz CT molecular complexity index is 643. The highest BCUT2D eigenvalue weighted by atomic mass is 16.5. The molecule has 1 aromatic carbocycles. The first-order valence-corrected chi connectivity index (χ1v) is 9.17. The molecule has 4 nitrogen and oxygen atoms in total. The predicted molar refractivity (Wildman–Crippen MR) is 93.0 cm³/mol. The smallest absolute Gasteiger partial charge is 0.169 e. The van der Waals surface area contributed by atoms with E-state index in [0.29, 0.717) is 11.5 Å². The van der Waals surface area contributed by atoms with Gasteiger partial charge in [-0.05, 0) is 75.2 Å². The van der Waals surface area contributed by atoms with Gasteiger partial charge in [0.05, 0.1) is 14.2 Å². The van der Waals surface area contributed by atoms with Crippen molar-refractivity contribution in [2.45, 2.75) is 38.5 Å². The first-order valence-electron chi connectivity index (χ1n) is 9.17. The molecule has 0 radical (unpaired) electrons. The second-order valence-electron chi connectivity index (χ2n) is 7.72. The van der Waals surface area contributed by atoms with E-state index in [-0.39, 0.29) is 5.41 Å². The number of hydrogen-bond donors (Lipinski definition) is 0. The van der Waals surface area contributed by atoms with Gasteiger partial charge in [-0.2, -0.15) is 0 Å². The van der Waals surface area contributed by atoms with Crippen molar-refractivity contribution >= 4 is 5.78 Å². The van der Waals surface area contributed by atoms with Crippen LogP contribution in [0, 0.1) is 11.3 Å². The number of methoxy groups -OCH3 is 2. The molecule has 0 bridgehead atoms. The SMILES string of the molecule is COc1cc2c(cc1OC)C(=O)C1(CC2)CCN(CC2CC2)CC1. The van der Waals surface area contributed by atoms with Gasteiger partial charge >= 0.3 is 0 Å². The van der Waals surface area contributed by atoms with Crippen molar-refractivity contribution in [3.05, 3.63) is 23.3 Å². The fraction of sp³-hybridized carbons (Fsp3) is 0.650. The summed E-state index contributed by atoms with van der Waals surface area (Å²) in [5.41, 5.74) is 1.82. The molecule has 0 atom stereocenters. The Balaban J connectivity index is 1.55. The molecule has 0 unspecified atom stereocenters. The number of carbonyl (C=O) groups is 1. The molecular formula is C20H27NO3. The monoisotopic (exact) mass is 329 g/mol. The van der Waals surface area contributed by atoms with Crippen LogP contribution in [0.15, 0.2) is 12.1 Å². The van der Waals surface area contributed by atoms with Crippen molar-refractivity contribution in [1.29, 1.82) is 0 Å². The number of benzene rings is 1. The molecule has 1 spiro atoms. The Morgan fingerprint density at radius 2 is 1.75 bits per heavy atom. The summed E-state index contributed by atoms with van der Waals surface area (Å²) in [6, 6.07) is 3.88. The van der Waals surface area contributed by atoms with Crippen LogP contribution in [0.5, 0.6) is 11.5 Å². The molecule has 4 heteroatoms. The number of likely N-dealkylation sites (tertiary alicyclic amines) is 1. The fourth-order valence-corrected chi connectivity index (χ4v) is 4.42. The Morgan fingerprint density at radius 3 is 2.38 bits per heavy atom. The van der Waals surface area contributed by atoms with E-state index in [1.807, 2.05) is 12.1 Å². The zero-order chi connectivity index (χ0) is 16.7. The third-order valence-electron chi connectivity index (χ3n) is 6.24. The van der Waals surface area contributed by atoms with Crippen LogP contribution in [0.4, 0.5) is 0 Å². The van der Waals surface area contributed by atoms with Crippen LogP contribution in [0.2, 0.25) is 0 Å². The van der Waals surface area contributed by atoms with Gasteiger partial charge in [-0.25, -0.2) is 0 Å². The highest BCUT2D eigenvalue weighted by molar-refractivity contribution is 6.03. The maximum absolute atomic E-state index is 13.3. The van der Waals surface area contributed by atoms with Gasteiger partial charge in [0, 0.05) is 17.5 Å². The van der Waals surface area contributed by atoms with Gasteiger partial charge in [-0.15, -0.1) is 0 Å². The lowest BCUT2D eigenvalue weighted by atomic mass is 9.65. The summed E-state index contributed by atoms with van der Waals surface area (Å²) >= 11 is 0. The number of rotatable bonds is 4. The molecule has 2 aliphatic carbocycles. The van der Waals surface area contributed by atoms with Crippen molar-refractivity contribution in [3.8, 4) is 11.5 Å². The van der Waals surface area contributed by atoms with Crippen LogP contribution in [0.1, 0.15) is 48.0 Å². The molecule has 1 heterocycles. The Kier molecular flexibility index (Phi) is 4.03. The van der Waals surface area contributed by atoms with Crippen LogP contribution in [0.3, 0.4) is 0 Å². The zero-order valence-corrected chi connectivity index (χ0v) is 14.8. The summed E-state index contributed by atoms with van der Waals surface area (Å²) in [4.78, 5) is 15.9. The second-order valence-corrected chi connectivity index (χ2v) is 7.72. The van der Waals surface area contributed by atoms with Crippen LogP contribution in [0.25, 0.3) is 0 Å². The Labute approximate surface area is 144 Å². The van der Waals surface area contributed by atoms with Crippen molar-refractivity contribution in [1.82, 2.24) is 4.90 Å². The minimum Gasteiger partial charge on any atom is -0.493 e. The number of hydrogen-bond acceptors (Lipinski definition) is 4. The molecule has 3 aliphatic rings. The molecule has 0 N–H and O–H groups in total. The zero-order valence-electron chi connectivity index (χ0n) is 14.8. The lowest BCUT2D eigenvalue weighted by Crippen LogP contribution is -2.46. The van der Waals surface area contributed by atoms with Gasteiger partial charge in [0.1, 0.15) is 0 Å². The van der Waals surface area contributed by atoms with Crippen LogP contribution in [-0.4, -0.2) is 44.5 Å². The molecular weight excluding hydrogens is 302 g/mol. The molecule has 1 aliphatic heterocycles. The average Bonchev–Trinajstić information content (AvgIpc) is 3.43. The van der Waals surface area contributed by atoms with Crippen molar-refractivity contribution in [3.63, 3.8) is 0 Å². The molecule has 0 amide bonds. The highest BCUT2D eigenvalue weighted by Crippen LogP contribution is 2.46. The lowest BCUT2D eigenvalue weighted by molar-refractivity contribution is 0.0534.